The molecule has 0 N–H and O–H groups in total. The van der Waals surface area contributed by atoms with Crippen LogP contribution in [-0.4, -0.2) is 23.7 Å². The minimum Gasteiger partial charge on any atom is -0.435 e. The van der Waals surface area contributed by atoms with Crippen LogP contribution in [0.5, 0.6) is 0 Å². The second-order valence-electron chi connectivity index (χ2n) is 6.18. The standard InChI is InChI=1S/C19H16N4O/c1-12-7-8-13-14-5-3-10-21-19(14)24-17(13)16(12)23-11-22(2)18-15(23)6-4-9-20-18/h3-10H,11H2,1-2H3. The highest BCUT2D eigenvalue weighted by Crippen LogP contribution is 2.44. The molecule has 0 radical (unpaired) electrons. The SMILES string of the molecule is Cc1ccc2c(oc3ncccc32)c1N1CN(C)c2ncccc21. The molecule has 0 unspecified atom stereocenters. The van der Waals surface area contributed by atoms with E-state index in [0.29, 0.717) is 5.71 Å². The Kier molecular flexibility index (Phi) is 2.62. The summed E-state index contributed by atoms with van der Waals surface area (Å²) in [5.41, 5.74) is 4.92. The second-order valence-corrected chi connectivity index (χ2v) is 6.18. The normalized spacial score (nSPS) is 13.9. The Hall–Kier alpha value is -3.08. The van der Waals surface area contributed by atoms with Crippen LogP contribution in [0.2, 0.25) is 0 Å². The van der Waals surface area contributed by atoms with Crippen LogP contribution in [-0.2, 0) is 0 Å². The third-order valence-corrected chi connectivity index (χ3v) is 4.64. The highest BCUT2D eigenvalue weighted by Gasteiger charge is 2.29. The molecule has 0 amide bonds. The molecule has 0 atom stereocenters. The second kappa shape index (κ2) is 4.71. The summed E-state index contributed by atoms with van der Waals surface area (Å²) in [6.45, 7) is 2.86. The van der Waals surface area contributed by atoms with E-state index in [-0.39, 0.29) is 0 Å². The predicted octanol–water partition coefficient (Wildman–Crippen LogP) is 4.23. The number of aryl methyl sites for hydroxylation is 1. The summed E-state index contributed by atoms with van der Waals surface area (Å²) < 4.78 is 6.14. The van der Waals surface area contributed by atoms with Crippen molar-refractivity contribution >= 4 is 39.3 Å². The number of rotatable bonds is 1. The fraction of sp³-hybridized carbons (Fsp3) is 0.158. The van der Waals surface area contributed by atoms with Crippen LogP contribution in [0.15, 0.2) is 53.2 Å². The molecule has 5 nitrogen and oxygen atoms in total. The molecule has 0 bridgehead atoms. The molecule has 1 aromatic carbocycles. The van der Waals surface area contributed by atoms with Gasteiger partial charge in [-0.05, 0) is 36.8 Å². The molecule has 0 saturated carbocycles. The van der Waals surface area contributed by atoms with Gasteiger partial charge in [-0.2, -0.15) is 0 Å². The van der Waals surface area contributed by atoms with Gasteiger partial charge in [0.15, 0.2) is 11.4 Å². The van der Waals surface area contributed by atoms with Crippen LogP contribution in [0.4, 0.5) is 17.2 Å². The fourth-order valence-electron chi connectivity index (χ4n) is 3.53. The zero-order valence-corrected chi connectivity index (χ0v) is 13.5. The third-order valence-electron chi connectivity index (χ3n) is 4.64. The highest BCUT2D eigenvalue weighted by atomic mass is 16.3. The van der Waals surface area contributed by atoms with Gasteiger partial charge in [-0.1, -0.05) is 12.1 Å². The van der Waals surface area contributed by atoms with Crippen molar-refractivity contribution in [3.05, 3.63) is 54.4 Å². The van der Waals surface area contributed by atoms with Crippen molar-refractivity contribution in [2.45, 2.75) is 6.92 Å². The molecule has 118 valence electrons. The number of hydrogen-bond acceptors (Lipinski definition) is 5. The summed E-state index contributed by atoms with van der Waals surface area (Å²) in [6.07, 6.45) is 3.59. The summed E-state index contributed by atoms with van der Waals surface area (Å²) in [7, 11) is 2.06. The number of pyridine rings is 2. The monoisotopic (exact) mass is 316 g/mol. The maximum absolute atomic E-state index is 6.14. The van der Waals surface area contributed by atoms with Crippen molar-refractivity contribution in [2.24, 2.45) is 0 Å². The first-order chi connectivity index (χ1) is 11.7. The van der Waals surface area contributed by atoms with Crippen LogP contribution >= 0.6 is 0 Å². The molecule has 0 aliphatic carbocycles. The maximum Gasteiger partial charge on any atom is 0.227 e. The molecule has 4 aromatic rings. The number of fused-ring (bicyclic) bond motifs is 4. The van der Waals surface area contributed by atoms with E-state index in [4.69, 9.17) is 4.42 Å². The van der Waals surface area contributed by atoms with E-state index in [9.17, 15) is 0 Å². The summed E-state index contributed by atoms with van der Waals surface area (Å²) in [5, 5.41) is 2.14. The quantitative estimate of drug-likeness (QED) is 0.526. The molecule has 5 rings (SSSR count). The summed E-state index contributed by atoms with van der Waals surface area (Å²) in [5.74, 6) is 0.989. The van der Waals surface area contributed by atoms with Crippen LogP contribution in [0.25, 0.3) is 22.1 Å². The zero-order chi connectivity index (χ0) is 16.3. The van der Waals surface area contributed by atoms with Crippen molar-refractivity contribution < 1.29 is 4.42 Å². The van der Waals surface area contributed by atoms with Gasteiger partial charge < -0.3 is 14.2 Å². The van der Waals surface area contributed by atoms with Gasteiger partial charge in [0.25, 0.3) is 0 Å². The van der Waals surface area contributed by atoms with E-state index < -0.39 is 0 Å². The first-order valence-electron chi connectivity index (χ1n) is 7.94. The van der Waals surface area contributed by atoms with E-state index in [2.05, 4.69) is 58.0 Å². The van der Waals surface area contributed by atoms with E-state index in [1.165, 1.54) is 5.56 Å². The van der Waals surface area contributed by atoms with Gasteiger partial charge in [-0.15, -0.1) is 0 Å². The minimum atomic E-state index is 0.679. The number of nitrogens with zero attached hydrogens (tertiary/aromatic N) is 4. The zero-order valence-electron chi connectivity index (χ0n) is 13.5. The van der Waals surface area contributed by atoms with Crippen molar-refractivity contribution in [3.8, 4) is 0 Å². The molecule has 3 aromatic heterocycles. The predicted molar refractivity (Wildman–Crippen MR) is 95.9 cm³/mol. The topological polar surface area (TPSA) is 45.4 Å². The number of furan rings is 1. The van der Waals surface area contributed by atoms with Gasteiger partial charge in [-0.3, -0.25) is 0 Å². The van der Waals surface area contributed by atoms with Crippen LogP contribution in [0.3, 0.4) is 0 Å². The molecular weight excluding hydrogens is 300 g/mol. The van der Waals surface area contributed by atoms with Gasteiger partial charge in [0.1, 0.15) is 0 Å². The molecule has 1 aliphatic heterocycles. The average molecular weight is 316 g/mol. The lowest BCUT2D eigenvalue weighted by Crippen LogP contribution is -2.24. The van der Waals surface area contributed by atoms with Gasteiger partial charge in [0.05, 0.1) is 18.0 Å². The molecule has 0 fully saturated rings. The first kappa shape index (κ1) is 13.4. The average Bonchev–Trinajstić information content (AvgIpc) is 3.13. The Morgan fingerprint density at radius 2 is 1.83 bits per heavy atom. The van der Waals surface area contributed by atoms with Gasteiger partial charge in [-0.25, -0.2) is 9.97 Å². The van der Waals surface area contributed by atoms with Crippen LogP contribution in [0.1, 0.15) is 5.56 Å². The van der Waals surface area contributed by atoms with Crippen molar-refractivity contribution in [2.75, 3.05) is 23.5 Å². The van der Waals surface area contributed by atoms with E-state index >= 15 is 0 Å². The van der Waals surface area contributed by atoms with Crippen molar-refractivity contribution in [1.29, 1.82) is 0 Å². The maximum atomic E-state index is 6.14. The molecule has 4 heterocycles. The third kappa shape index (κ3) is 1.69. The van der Waals surface area contributed by atoms with Crippen LogP contribution in [0, 0.1) is 6.92 Å². The summed E-state index contributed by atoms with van der Waals surface area (Å²) in [4.78, 5) is 13.3. The lowest BCUT2D eigenvalue weighted by molar-refractivity contribution is 0.653. The molecule has 24 heavy (non-hydrogen) atoms. The molecule has 5 heteroatoms. The lowest BCUT2D eigenvalue weighted by atomic mass is 10.1. The Balaban J connectivity index is 1.83. The fourth-order valence-corrected chi connectivity index (χ4v) is 3.53. The van der Waals surface area contributed by atoms with E-state index in [1.54, 1.807) is 6.20 Å². The summed E-state index contributed by atoms with van der Waals surface area (Å²) >= 11 is 0. The largest absolute Gasteiger partial charge is 0.435 e. The Morgan fingerprint density at radius 3 is 2.75 bits per heavy atom. The van der Waals surface area contributed by atoms with Gasteiger partial charge in [0, 0.05) is 30.2 Å². The smallest absolute Gasteiger partial charge is 0.227 e. The first-order valence-corrected chi connectivity index (χ1v) is 7.94. The number of anilines is 3. The lowest BCUT2D eigenvalue weighted by Gasteiger charge is -2.21. The Morgan fingerprint density at radius 1 is 1.00 bits per heavy atom. The number of aromatic nitrogens is 2. The van der Waals surface area contributed by atoms with E-state index in [1.807, 2.05) is 18.3 Å². The van der Waals surface area contributed by atoms with Crippen molar-refractivity contribution in [3.63, 3.8) is 0 Å². The Labute approximate surface area is 139 Å². The van der Waals surface area contributed by atoms with Gasteiger partial charge in [0.2, 0.25) is 5.71 Å². The molecule has 1 aliphatic rings. The van der Waals surface area contributed by atoms with E-state index in [0.717, 1.165) is 40.2 Å². The number of hydrogen-bond donors (Lipinski definition) is 0. The molecule has 0 saturated heterocycles. The van der Waals surface area contributed by atoms with Crippen molar-refractivity contribution in [1.82, 2.24) is 9.97 Å². The molecule has 0 spiro atoms. The number of benzene rings is 1. The highest BCUT2D eigenvalue weighted by molar-refractivity contribution is 6.09. The van der Waals surface area contributed by atoms with Gasteiger partial charge >= 0.3 is 0 Å². The van der Waals surface area contributed by atoms with Crippen LogP contribution < -0.4 is 9.80 Å². The molecular formula is C19H16N4O. The minimum absolute atomic E-state index is 0.679. The summed E-state index contributed by atoms with van der Waals surface area (Å²) in [6, 6.07) is 12.3. The Bertz CT molecular complexity index is 1090.